The first-order valence-electron chi connectivity index (χ1n) is 6.79. The minimum atomic E-state index is -0.619. The lowest BCUT2D eigenvalue weighted by molar-refractivity contribution is -0.216. The number of rotatable bonds is 1. The molecule has 3 aliphatic rings. The summed E-state index contributed by atoms with van der Waals surface area (Å²) in [5.74, 6) is -0.265. The molecule has 4 rings (SSSR count). The fourth-order valence-corrected chi connectivity index (χ4v) is 3.76. The van der Waals surface area contributed by atoms with Crippen molar-refractivity contribution in [3.63, 3.8) is 0 Å². The summed E-state index contributed by atoms with van der Waals surface area (Å²) in [6.45, 7) is 2.27. The predicted octanol–water partition coefficient (Wildman–Crippen LogP) is 2.04. The van der Waals surface area contributed by atoms with Gasteiger partial charge in [0, 0.05) is 18.4 Å². The van der Waals surface area contributed by atoms with E-state index >= 15 is 0 Å². The van der Waals surface area contributed by atoms with E-state index in [-0.39, 0.29) is 29.5 Å². The van der Waals surface area contributed by atoms with Crippen molar-refractivity contribution < 1.29 is 24.1 Å². The summed E-state index contributed by atoms with van der Waals surface area (Å²) in [5, 5.41) is 10.2. The Morgan fingerprint density at radius 3 is 3.00 bits per heavy atom. The lowest BCUT2D eigenvalue weighted by Crippen LogP contribution is -2.41. The van der Waals surface area contributed by atoms with Crippen molar-refractivity contribution >= 4 is 5.78 Å². The van der Waals surface area contributed by atoms with Crippen LogP contribution in [0.3, 0.4) is 0 Å². The van der Waals surface area contributed by atoms with Crippen molar-refractivity contribution in [2.75, 3.05) is 13.7 Å². The average Bonchev–Trinajstić information content (AvgIpc) is 2.71. The Kier molecular flexibility index (Phi) is 2.28. The van der Waals surface area contributed by atoms with E-state index in [0.29, 0.717) is 24.3 Å². The van der Waals surface area contributed by atoms with Gasteiger partial charge in [0.2, 0.25) is 0 Å². The summed E-state index contributed by atoms with van der Waals surface area (Å²) < 4.78 is 16.9. The monoisotopic (exact) mass is 276 g/mol. The number of ether oxygens (including phenoxy) is 3. The van der Waals surface area contributed by atoms with Gasteiger partial charge in [0.25, 0.3) is 0 Å². The molecule has 2 aliphatic heterocycles. The zero-order chi connectivity index (χ0) is 14.1. The van der Waals surface area contributed by atoms with Crippen LogP contribution in [0, 0.1) is 11.8 Å². The number of hydrogen-bond donors (Lipinski definition) is 1. The van der Waals surface area contributed by atoms with Crippen LogP contribution in [0.25, 0.3) is 0 Å². The predicted molar refractivity (Wildman–Crippen MR) is 68.8 cm³/mol. The molecule has 2 saturated heterocycles. The van der Waals surface area contributed by atoms with Crippen LogP contribution in [-0.4, -0.2) is 30.4 Å². The number of methoxy groups -OCH3 is 1. The zero-order valence-electron chi connectivity index (χ0n) is 11.4. The fourth-order valence-electron chi connectivity index (χ4n) is 3.76. The largest absolute Gasteiger partial charge is 0.507 e. The molecule has 1 N–H and O–H groups in total. The van der Waals surface area contributed by atoms with Crippen LogP contribution in [0.5, 0.6) is 11.5 Å². The molecule has 1 aromatic carbocycles. The van der Waals surface area contributed by atoms with Crippen LogP contribution in [-0.2, 0) is 9.47 Å². The van der Waals surface area contributed by atoms with E-state index in [1.165, 1.54) is 13.2 Å². The molecule has 0 unspecified atom stereocenters. The maximum atomic E-state index is 12.6. The van der Waals surface area contributed by atoms with E-state index in [4.69, 9.17) is 14.2 Å². The van der Waals surface area contributed by atoms with Gasteiger partial charge in [0.15, 0.2) is 11.6 Å². The Hall–Kier alpha value is -1.59. The van der Waals surface area contributed by atoms with Gasteiger partial charge in [-0.05, 0) is 18.6 Å². The summed E-state index contributed by atoms with van der Waals surface area (Å²) in [6.07, 6.45) is 0.507. The standard InChI is InChI=1S/C15H16O5/c1-15-5-9-10(6-19-15)13(17)12-8(14(9)20-15)3-7(18-2)4-11(12)16/h3-4,9-10,14,16H,5-6H2,1-2H3/t9-,10-,14+,15-/m1/s1. The number of phenolic OH excluding ortho intramolecular Hbond substituents is 1. The molecular weight excluding hydrogens is 260 g/mol. The number of hydrogen-bond acceptors (Lipinski definition) is 5. The lowest BCUT2D eigenvalue weighted by atomic mass is 9.71. The fraction of sp³-hybridized carbons (Fsp3) is 0.533. The van der Waals surface area contributed by atoms with Crippen molar-refractivity contribution in [2.24, 2.45) is 11.8 Å². The second-order valence-corrected chi connectivity index (χ2v) is 5.93. The SMILES string of the molecule is COc1cc(O)c2c(c1)[C@@H]1O[C@]3(C)C[C@@H]1[C@@H](CO3)C2=O. The number of aromatic hydroxyl groups is 1. The number of carbonyl (C=O) groups is 1. The zero-order valence-corrected chi connectivity index (χ0v) is 11.4. The molecule has 0 aromatic heterocycles. The van der Waals surface area contributed by atoms with Gasteiger partial charge in [-0.1, -0.05) is 0 Å². The van der Waals surface area contributed by atoms with Crippen LogP contribution in [0.1, 0.15) is 35.4 Å². The van der Waals surface area contributed by atoms with Gasteiger partial charge in [-0.25, -0.2) is 0 Å². The molecule has 4 atom stereocenters. The maximum absolute atomic E-state index is 12.6. The smallest absolute Gasteiger partial charge is 0.172 e. The van der Waals surface area contributed by atoms with Gasteiger partial charge in [-0.15, -0.1) is 0 Å². The first kappa shape index (κ1) is 12.2. The third-order valence-electron chi connectivity index (χ3n) is 4.70. The van der Waals surface area contributed by atoms with Crippen molar-refractivity contribution in [1.29, 1.82) is 0 Å². The summed E-state index contributed by atoms with van der Waals surface area (Å²) in [6, 6.07) is 3.26. The van der Waals surface area contributed by atoms with Gasteiger partial charge in [0.1, 0.15) is 11.5 Å². The number of ketones is 1. The van der Waals surface area contributed by atoms with Gasteiger partial charge < -0.3 is 19.3 Å². The van der Waals surface area contributed by atoms with Gasteiger partial charge >= 0.3 is 0 Å². The van der Waals surface area contributed by atoms with Crippen molar-refractivity contribution in [3.8, 4) is 11.5 Å². The molecule has 1 aliphatic carbocycles. The highest BCUT2D eigenvalue weighted by molar-refractivity contribution is 6.03. The highest BCUT2D eigenvalue weighted by Gasteiger charge is 2.57. The average molecular weight is 276 g/mol. The summed E-state index contributed by atoms with van der Waals surface area (Å²) >= 11 is 0. The third kappa shape index (κ3) is 1.42. The number of fused-ring (bicyclic) bond motifs is 3. The van der Waals surface area contributed by atoms with E-state index < -0.39 is 5.79 Å². The topological polar surface area (TPSA) is 65.0 Å². The quantitative estimate of drug-likeness (QED) is 0.850. The van der Waals surface area contributed by atoms with Crippen LogP contribution in [0.4, 0.5) is 0 Å². The normalized spacial score (nSPS) is 37.7. The van der Waals surface area contributed by atoms with Gasteiger partial charge in [-0.2, -0.15) is 0 Å². The Balaban J connectivity index is 1.92. The molecule has 2 fully saturated rings. The van der Waals surface area contributed by atoms with E-state index in [1.807, 2.05) is 6.92 Å². The molecule has 1 aromatic rings. The van der Waals surface area contributed by atoms with E-state index in [0.717, 1.165) is 5.56 Å². The maximum Gasteiger partial charge on any atom is 0.172 e. The molecule has 2 heterocycles. The van der Waals surface area contributed by atoms with E-state index in [2.05, 4.69) is 0 Å². The third-order valence-corrected chi connectivity index (χ3v) is 4.70. The molecule has 2 bridgehead atoms. The first-order valence-corrected chi connectivity index (χ1v) is 6.79. The second kappa shape index (κ2) is 3.74. The summed E-state index contributed by atoms with van der Waals surface area (Å²) in [5.41, 5.74) is 1.09. The van der Waals surface area contributed by atoms with Crippen LogP contribution in [0.15, 0.2) is 12.1 Å². The van der Waals surface area contributed by atoms with Crippen molar-refractivity contribution in [1.82, 2.24) is 0 Å². The van der Waals surface area contributed by atoms with Crippen molar-refractivity contribution in [2.45, 2.75) is 25.2 Å². The highest BCUT2D eigenvalue weighted by atomic mass is 16.7. The summed E-state index contributed by atoms with van der Waals surface area (Å²) in [4.78, 5) is 12.6. The van der Waals surface area contributed by atoms with Gasteiger partial charge in [-0.3, -0.25) is 4.79 Å². The molecule has 0 amide bonds. The minimum absolute atomic E-state index is 0.0353. The van der Waals surface area contributed by atoms with Crippen LogP contribution >= 0.6 is 0 Å². The Bertz CT molecular complexity index is 611. The Morgan fingerprint density at radius 1 is 1.45 bits per heavy atom. The number of benzene rings is 1. The molecule has 0 radical (unpaired) electrons. The summed E-state index contributed by atoms with van der Waals surface area (Å²) in [7, 11) is 1.53. The number of carbonyl (C=O) groups excluding carboxylic acids is 1. The van der Waals surface area contributed by atoms with Crippen molar-refractivity contribution in [3.05, 3.63) is 23.3 Å². The lowest BCUT2D eigenvalue weighted by Gasteiger charge is -2.35. The molecule has 20 heavy (non-hydrogen) atoms. The number of Topliss-reactive ketones (excluding diaryl/α,β-unsaturated/α-hetero) is 1. The Labute approximate surface area is 116 Å². The molecule has 106 valence electrons. The van der Waals surface area contributed by atoms with E-state index in [1.54, 1.807) is 6.07 Å². The molecule has 5 nitrogen and oxygen atoms in total. The molecule has 5 heteroatoms. The minimum Gasteiger partial charge on any atom is -0.507 e. The van der Waals surface area contributed by atoms with Crippen LogP contribution in [0.2, 0.25) is 0 Å². The molecule has 0 spiro atoms. The molecule has 0 saturated carbocycles. The highest BCUT2D eigenvalue weighted by Crippen LogP contribution is 2.56. The number of phenols is 1. The van der Waals surface area contributed by atoms with Gasteiger partial charge in [0.05, 0.1) is 31.3 Å². The van der Waals surface area contributed by atoms with Crippen LogP contribution < -0.4 is 4.74 Å². The second-order valence-electron chi connectivity index (χ2n) is 5.93. The first-order chi connectivity index (χ1) is 9.52. The Morgan fingerprint density at radius 2 is 2.25 bits per heavy atom. The van der Waals surface area contributed by atoms with E-state index in [9.17, 15) is 9.90 Å². The molecular formula is C15H16O5.